The summed E-state index contributed by atoms with van der Waals surface area (Å²) in [6.07, 6.45) is 11.8. The summed E-state index contributed by atoms with van der Waals surface area (Å²) in [5, 5.41) is 0. The van der Waals surface area contributed by atoms with Gasteiger partial charge in [0.1, 0.15) is 0 Å². The third-order valence-corrected chi connectivity index (χ3v) is 4.73. The molecule has 0 radical (unpaired) electrons. The van der Waals surface area contributed by atoms with Crippen LogP contribution in [0.15, 0.2) is 24.3 Å². The second-order valence-electron chi connectivity index (χ2n) is 6.27. The Labute approximate surface area is 124 Å². The summed E-state index contributed by atoms with van der Waals surface area (Å²) >= 11 is 0. The van der Waals surface area contributed by atoms with Crippen LogP contribution in [0.2, 0.25) is 0 Å². The van der Waals surface area contributed by atoms with Gasteiger partial charge in [-0.3, -0.25) is 11.3 Å². The monoisotopic (exact) mass is 274 g/mol. The molecular formula is C18H30N2. The highest BCUT2D eigenvalue weighted by Crippen LogP contribution is 2.30. The Morgan fingerprint density at radius 1 is 1.05 bits per heavy atom. The van der Waals surface area contributed by atoms with Crippen molar-refractivity contribution < 1.29 is 0 Å². The molecule has 20 heavy (non-hydrogen) atoms. The van der Waals surface area contributed by atoms with Crippen LogP contribution in [0.3, 0.4) is 0 Å². The van der Waals surface area contributed by atoms with Gasteiger partial charge in [0.2, 0.25) is 0 Å². The Hall–Kier alpha value is -0.860. The first-order valence-corrected chi connectivity index (χ1v) is 8.38. The molecule has 1 aromatic rings. The number of benzene rings is 1. The summed E-state index contributed by atoms with van der Waals surface area (Å²) in [7, 11) is 0. The molecule has 2 nitrogen and oxygen atoms in total. The highest BCUT2D eigenvalue weighted by molar-refractivity contribution is 5.32. The van der Waals surface area contributed by atoms with Gasteiger partial charge in [-0.1, -0.05) is 69.7 Å². The van der Waals surface area contributed by atoms with Crippen molar-refractivity contribution in [3.63, 3.8) is 0 Å². The number of unbranched alkanes of at least 4 members (excludes halogenated alkanes) is 5. The van der Waals surface area contributed by atoms with Crippen LogP contribution in [-0.4, -0.2) is 6.04 Å². The molecule has 3 N–H and O–H groups in total. The van der Waals surface area contributed by atoms with Crippen molar-refractivity contribution in [2.24, 2.45) is 11.8 Å². The van der Waals surface area contributed by atoms with E-state index in [1.165, 1.54) is 68.9 Å². The van der Waals surface area contributed by atoms with E-state index in [4.69, 9.17) is 5.84 Å². The minimum Gasteiger partial charge on any atom is -0.271 e. The number of rotatable bonds is 9. The third kappa shape index (κ3) is 4.32. The summed E-state index contributed by atoms with van der Waals surface area (Å²) in [5.41, 5.74) is 6.14. The standard InChI is InChI=1S/C18H30N2/c1-2-3-4-5-6-7-12-18(20-19)17-13-15-10-8-9-11-16(15)14-17/h8-11,17-18,20H,2-7,12-14,19H2,1H3. The second-order valence-corrected chi connectivity index (χ2v) is 6.27. The summed E-state index contributed by atoms with van der Waals surface area (Å²) in [4.78, 5) is 0. The number of hydrogen-bond acceptors (Lipinski definition) is 2. The summed E-state index contributed by atoms with van der Waals surface area (Å²) in [5.74, 6) is 6.49. The normalized spacial score (nSPS) is 16.3. The molecule has 0 amide bonds. The van der Waals surface area contributed by atoms with Gasteiger partial charge in [0.15, 0.2) is 0 Å². The molecule has 2 heteroatoms. The summed E-state index contributed by atoms with van der Waals surface area (Å²) < 4.78 is 0. The van der Waals surface area contributed by atoms with Crippen molar-refractivity contribution in [2.75, 3.05) is 0 Å². The zero-order chi connectivity index (χ0) is 14.2. The molecule has 0 heterocycles. The number of fused-ring (bicyclic) bond motifs is 1. The van der Waals surface area contributed by atoms with E-state index in [9.17, 15) is 0 Å². The maximum atomic E-state index is 5.80. The Bertz CT molecular complexity index is 364. The number of nitrogens with one attached hydrogen (secondary N) is 1. The molecule has 1 aliphatic carbocycles. The molecule has 0 aromatic heterocycles. The fourth-order valence-electron chi connectivity index (χ4n) is 3.48. The maximum Gasteiger partial charge on any atom is 0.0245 e. The van der Waals surface area contributed by atoms with E-state index in [2.05, 4.69) is 36.6 Å². The highest BCUT2D eigenvalue weighted by Gasteiger charge is 2.27. The highest BCUT2D eigenvalue weighted by atomic mass is 15.2. The van der Waals surface area contributed by atoms with Crippen LogP contribution in [0.5, 0.6) is 0 Å². The smallest absolute Gasteiger partial charge is 0.0245 e. The van der Waals surface area contributed by atoms with Gasteiger partial charge in [-0.05, 0) is 36.3 Å². The van der Waals surface area contributed by atoms with E-state index in [0.717, 1.165) is 0 Å². The second kappa shape index (κ2) is 8.43. The first kappa shape index (κ1) is 15.5. The predicted molar refractivity (Wildman–Crippen MR) is 86.4 cm³/mol. The molecule has 2 rings (SSSR count). The molecule has 0 saturated carbocycles. The van der Waals surface area contributed by atoms with Gasteiger partial charge in [-0.25, -0.2) is 0 Å². The number of hydrogen-bond donors (Lipinski definition) is 2. The fraction of sp³-hybridized carbons (Fsp3) is 0.667. The van der Waals surface area contributed by atoms with E-state index >= 15 is 0 Å². The van der Waals surface area contributed by atoms with Crippen molar-refractivity contribution in [3.8, 4) is 0 Å². The van der Waals surface area contributed by atoms with Gasteiger partial charge in [-0.15, -0.1) is 0 Å². The van der Waals surface area contributed by atoms with Gasteiger partial charge in [0.05, 0.1) is 0 Å². The van der Waals surface area contributed by atoms with Gasteiger partial charge >= 0.3 is 0 Å². The zero-order valence-electron chi connectivity index (χ0n) is 12.9. The van der Waals surface area contributed by atoms with E-state index in [1.54, 1.807) is 0 Å². The van der Waals surface area contributed by atoms with E-state index in [-0.39, 0.29) is 0 Å². The molecule has 1 aliphatic rings. The lowest BCUT2D eigenvalue weighted by atomic mass is 9.92. The SMILES string of the molecule is CCCCCCCCC(NN)C1Cc2ccccc2C1. The molecular weight excluding hydrogens is 244 g/mol. The molecule has 112 valence electrons. The molecule has 0 bridgehead atoms. The van der Waals surface area contributed by atoms with Crippen LogP contribution in [0.4, 0.5) is 0 Å². The van der Waals surface area contributed by atoms with Gasteiger partial charge in [0.25, 0.3) is 0 Å². The fourth-order valence-corrected chi connectivity index (χ4v) is 3.48. The van der Waals surface area contributed by atoms with Crippen molar-refractivity contribution in [2.45, 2.75) is 70.8 Å². The number of hydrazine groups is 1. The Morgan fingerprint density at radius 3 is 2.25 bits per heavy atom. The van der Waals surface area contributed by atoms with Gasteiger partial charge in [-0.2, -0.15) is 0 Å². The van der Waals surface area contributed by atoms with Crippen LogP contribution in [0.1, 0.15) is 63.0 Å². The topological polar surface area (TPSA) is 38.0 Å². The van der Waals surface area contributed by atoms with Crippen molar-refractivity contribution in [3.05, 3.63) is 35.4 Å². The van der Waals surface area contributed by atoms with Gasteiger partial charge in [0, 0.05) is 6.04 Å². The molecule has 1 aromatic carbocycles. The molecule has 0 fully saturated rings. The van der Waals surface area contributed by atoms with Crippen LogP contribution >= 0.6 is 0 Å². The van der Waals surface area contributed by atoms with Crippen molar-refractivity contribution in [1.29, 1.82) is 0 Å². The zero-order valence-corrected chi connectivity index (χ0v) is 12.9. The van der Waals surface area contributed by atoms with E-state index in [1.807, 2.05) is 0 Å². The quantitative estimate of drug-likeness (QED) is 0.406. The molecule has 1 unspecified atom stereocenters. The van der Waals surface area contributed by atoms with Crippen LogP contribution < -0.4 is 11.3 Å². The van der Waals surface area contributed by atoms with E-state index in [0.29, 0.717) is 12.0 Å². The van der Waals surface area contributed by atoms with Crippen molar-refractivity contribution in [1.82, 2.24) is 5.43 Å². The lowest BCUT2D eigenvalue weighted by Crippen LogP contribution is -2.41. The predicted octanol–water partition coefficient (Wildman–Crippen LogP) is 3.98. The average molecular weight is 274 g/mol. The van der Waals surface area contributed by atoms with Gasteiger partial charge < -0.3 is 0 Å². The minimum absolute atomic E-state index is 0.480. The summed E-state index contributed by atoms with van der Waals surface area (Å²) in [6, 6.07) is 9.33. The summed E-state index contributed by atoms with van der Waals surface area (Å²) in [6.45, 7) is 2.27. The maximum absolute atomic E-state index is 5.80. The minimum atomic E-state index is 0.480. The molecule has 1 atom stereocenters. The molecule has 0 spiro atoms. The molecule has 0 saturated heterocycles. The Morgan fingerprint density at radius 2 is 1.65 bits per heavy atom. The lowest BCUT2D eigenvalue weighted by molar-refractivity contribution is 0.339. The average Bonchev–Trinajstić information content (AvgIpc) is 2.90. The van der Waals surface area contributed by atoms with Crippen LogP contribution in [0, 0.1) is 5.92 Å². The number of nitrogens with two attached hydrogens (primary N) is 1. The molecule has 0 aliphatic heterocycles. The first-order valence-electron chi connectivity index (χ1n) is 8.38. The van der Waals surface area contributed by atoms with Crippen LogP contribution in [0.25, 0.3) is 0 Å². The Kier molecular flexibility index (Phi) is 6.55. The van der Waals surface area contributed by atoms with Crippen molar-refractivity contribution >= 4 is 0 Å². The largest absolute Gasteiger partial charge is 0.271 e. The van der Waals surface area contributed by atoms with E-state index < -0.39 is 0 Å². The Balaban J connectivity index is 1.71. The lowest BCUT2D eigenvalue weighted by Gasteiger charge is -2.22. The third-order valence-electron chi connectivity index (χ3n) is 4.73. The van der Waals surface area contributed by atoms with Crippen LogP contribution in [-0.2, 0) is 12.8 Å². The first-order chi connectivity index (χ1) is 9.85.